The number of carbonyl (C=O) groups excluding carboxylic acids is 3. The molecule has 0 fully saturated rings. The van der Waals surface area contributed by atoms with Gasteiger partial charge in [-0.3, -0.25) is 14.4 Å². The zero-order valence-corrected chi connectivity index (χ0v) is 19.6. The Kier molecular flexibility index (Phi) is 11.4. The summed E-state index contributed by atoms with van der Waals surface area (Å²) in [6.45, 7) is 3.37. The van der Waals surface area contributed by atoms with Gasteiger partial charge < -0.3 is 31.9 Å². The van der Waals surface area contributed by atoms with Gasteiger partial charge in [0.05, 0.1) is 6.04 Å². The Morgan fingerprint density at radius 2 is 1.47 bits per heavy atom. The number of aliphatic carboxylic acids is 1. The van der Waals surface area contributed by atoms with Crippen LogP contribution in [0.25, 0.3) is 0 Å². The molecule has 0 aromatic heterocycles. The summed E-state index contributed by atoms with van der Waals surface area (Å²) < 4.78 is 0. The van der Waals surface area contributed by atoms with Gasteiger partial charge in [0.1, 0.15) is 23.9 Å². The number of thiol groups is 2. The first-order chi connectivity index (χ1) is 15.0. The molecule has 1 aromatic carbocycles. The number of carbonyl (C=O) groups is 4. The molecule has 178 valence electrons. The van der Waals surface area contributed by atoms with Crippen LogP contribution in [0.1, 0.15) is 19.4 Å². The molecule has 0 aliphatic rings. The smallest absolute Gasteiger partial charge is 0.326 e. The van der Waals surface area contributed by atoms with Crippen molar-refractivity contribution in [2.75, 3.05) is 11.5 Å². The zero-order chi connectivity index (χ0) is 24.4. The largest absolute Gasteiger partial charge is 0.508 e. The van der Waals surface area contributed by atoms with Gasteiger partial charge in [0.25, 0.3) is 0 Å². The Labute approximate surface area is 197 Å². The van der Waals surface area contributed by atoms with E-state index in [4.69, 9.17) is 5.73 Å². The Hall–Kier alpha value is -2.44. The van der Waals surface area contributed by atoms with Crippen LogP contribution in [0, 0.1) is 5.92 Å². The second-order valence-electron chi connectivity index (χ2n) is 7.53. The van der Waals surface area contributed by atoms with Crippen molar-refractivity contribution < 1.29 is 29.4 Å². The molecule has 1 aromatic rings. The SMILES string of the molecule is CC(C)C(NC(=O)C(CS)NC(=O)C(N)CS)C(=O)NC(Cc1ccc(O)cc1)C(=O)O. The molecule has 3 amide bonds. The van der Waals surface area contributed by atoms with Crippen molar-refractivity contribution in [3.05, 3.63) is 29.8 Å². The van der Waals surface area contributed by atoms with Crippen LogP contribution in [0.15, 0.2) is 24.3 Å². The lowest BCUT2D eigenvalue weighted by Crippen LogP contribution is -2.59. The topological polar surface area (TPSA) is 171 Å². The first-order valence-electron chi connectivity index (χ1n) is 9.89. The number of carboxylic acids is 1. The number of phenolic OH excluding ortho intramolecular Hbond substituents is 1. The minimum absolute atomic E-state index is 0.0168. The molecule has 12 heteroatoms. The summed E-state index contributed by atoms with van der Waals surface area (Å²) in [5.41, 5.74) is 6.19. The van der Waals surface area contributed by atoms with Gasteiger partial charge in [-0.25, -0.2) is 4.79 Å². The monoisotopic (exact) mass is 486 g/mol. The molecule has 7 N–H and O–H groups in total. The first-order valence-corrected chi connectivity index (χ1v) is 11.2. The van der Waals surface area contributed by atoms with Gasteiger partial charge >= 0.3 is 5.97 Å². The molecule has 4 unspecified atom stereocenters. The van der Waals surface area contributed by atoms with E-state index in [0.29, 0.717) is 5.56 Å². The molecule has 0 spiro atoms. The van der Waals surface area contributed by atoms with Gasteiger partial charge in [-0.15, -0.1) is 0 Å². The highest BCUT2D eigenvalue weighted by atomic mass is 32.1. The summed E-state index contributed by atoms with van der Waals surface area (Å²) >= 11 is 8.00. The van der Waals surface area contributed by atoms with Gasteiger partial charge in [-0.05, 0) is 23.6 Å². The van der Waals surface area contributed by atoms with E-state index in [-0.39, 0.29) is 29.6 Å². The van der Waals surface area contributed by atoms with E-state index < -0.39 is 47.9 Å². The number of phenols is 1. The Morgan fingerprint density at radius 1 is 0.906 bits per heavy atom. The molecule has 0 aliphatic carbocycles. The van der Waals surface area contributed by atoms with Gasteiger partial charge in [0, 0.05) is 17.9 Å². The first kappa shape index (κ1) is 27.6. The van der Waals surface area contributed by atoms with Crippen LogP contribution in [0.3, 0.4) is 0 Å². The molecule has 32 heavy (non-hydrogen) atoms. The Bertz CT molecular complexity index is 806. The van der Waals surface area contributed by atoms with E-state index in [1.54, 1.807) is 26.0 Å². The summed E-state index contributed by atoms with van der Waals surface area (Å²) in [7, 11) is 0. The molecule has 0 saturated heterocycles. The van der Waals surface area contributed by atoms with Crippen LogP contribution in [0.5, 0.6) is 5.75 Å². The van der Waals surface area contributed by atoms with E-state index in [1.807, 2.05) is 0 Å². The average Bonchev–Trinajstić information content (AvgIpc) is 2.75. The zero-order valence-electron chi connectivity index (χ0n) is 17.8. The van der Waals surface area contributed by atoms with Crippen molar-refractivity contribution >= 4 is 48.9 Å². The predicted octanol–water partition coefficient (Wildman–Crippen LogP) is -0.683. The maximum atomic E-state index is 12.8. The van der Waals surface area contributed by atoms with Crippen molar-refractivity contribution in [1.29, 1.82) is 0 Å². The van der Waals surface area contributed by atoms with Crippen molar-refractivity contribution in [2.45, 2.75) is 44.4 Å². The third kappa shape index (κ3) is 8.60. The lowest BCUT2D eigenvalue weighted by atomic mass is 10.0. The number of benzene rings is 1. The fourth-order valence-corrected chi connectivity index (χ4v) is 3.10. The summed E-state index contributed by atoms with van der Waals surface area (Å²) in [5, 5.41) is 26.3. The van der Waals surface area contributed by atoms with E-state index in [1.165, 1.54) is 12.1 Å². The lowest BCUT2D eigenvalue weighted by molar-refractivity contribution is -0.142. The third-order valence-electron chi connectivity index (χ3n) is 4.59. The van der Waals surface area contributed by atoms with E-state index in [0.717, 1.165) is 0 Å². The summed E-state index contributed by atoms with van der Waals surface area (Å²) in [5.74, 6) is -3.47. The predicted molar refractivity (Wildman–Crippen MR) is 126 cm³/mol. The molecular weight excluding hydrogens is 456 g/mol. The molecule has 0 saturated carbocycles. The lowest BCUT2D eigenvalue weighted by Gasteiger charge is -2.26. The fourth-order valence-electron chi connectivity index (χ4n) is 2.67. The van der Waals surface area contributed by atoms with Crippen molar-refractivity contribution in [3.8, 4) is 5.75 Å². The van der Waals surface area contributed by atoms with Crippen LogP contribution in [-0.2, 0) is 25.6 Å². The van der Waals surface area contributed by atoms with E-state index in [2.05, 4.69) is 41.2 Å². The van der Waals surface area contributed by atoms with Crippen LogP contribution in [0.4, 0.5) is 0 Å². The molecule has 0 aliphatic heterocycles. The quantitative estimate of drug-likeness (QED) is 0.181. The van der Waals surface area contributed by atoms with Crippen LogP contribution in [0.2, 0.25) is 0 Å². The number of hydrogen-bond acceptors (Lipinski definition) is 8. The molecule has 0 radical (unpaired) electrons. The minimum atomic E-state index is -1.25. The highest BCUT2D eigenvalue weighted by Crippen LogP contribution is 2.12. The van der Waals surface area contributed by atoms with Crippen LogP contribution < -0.4 is 21.7 Å². The molecule has 0 heterocycles. The van der Waals surface area contributed by atoms with E-state index in [9.17, 15) is 29.4 Å². The van der Waals surface area contributed by atoms with Crippen molar-refractivity contribution in [1.82, 2.24) is 16.0 Å². The highest BCUT2D eigenvalue weighted by Gasteiger charge is 2.31. The summed E-state index contributed by atoms with van der Waals surface area (Å²) in [6, 6.07) is 1.67. The normalized spacial score (nSPS) is 14.7. The van der Waals surface area contributed by atoms with Crippen LogP contribution in [-0.4, -0.2) is 69.6 Å². The van der Waals surface area contributed by atoms with E-state index >= 15 is 0 Å². The number of nitrogens with one attached hydrogen (secondary N) is 3. The number of rotatable bonds is 12. The summed E-state index contributed by atoms with van der Waals surface area (Å²) in [4.78, 5) is 49.0. The number of carboxylic acid groups (broad SMARTS) is 1. The van der Waals surface area contributed by atoms with Gasteiger partial charge in [0.15, 0.2) is 0 Å². The third-order valence-corrected chi connectivity index (χ3v) is 5.35. The van der Waals surface area contributed by atoms with Gasteiger partial charge in [-0.1, -0.05) is 26.0 Å². The minimum Gasteiger partial charge on any atom is -0.508 e. The standard InChI is InChI=1S/C20H30N4O6S2/c1-10(2)16(24-18(27)15(9-32)23-17(26)13(21)8-31)19(28)22-14(20(29)30)7-11-3-5-12(25)6-4-11/h3-6,10,13-16,25,31-32H,7-9,21H2,1-2H3,(H,22,28)(H,23,26)(H,24,27)(H,29,30). The summed E-state index contributed by atoms with van der Waals surface area (Å²) in [6.07, 6.45) is -0.0168. The van der Waals surface area contributed by atoms with Crippen LogP contribution >= 0.6 is 25.3 Å². The Morgan fingerprint density at radius 3 is 1.94 bits per heavy atom. The van der Waals surface area contributed by atoms with Crippen molar-refractivity contribution in [2.24, 2.45) is 11.7 Å². The fraction of sp³-hybridized carbons (Fsp3) is 0.500. The molecule has 0 bridgehead atoms. The Balaban J connectivity index is 2.88. The molecular formula is C20H30N4O6S2. The van der Waals surface area contributed by atoms with Gasteiger partial charge in [0.2, 0.25) is 17.7 Å². The average molecular weight is 487 g/mol. The molecule has 4 atom stereocenters. The second kappa shape index (κ2) is 13.2. The molecule has 10 nitrogen and oxygen atoms in total. The maximum absolute atomic E-state index is 12.8. The number of amides is 3. The van der Waals surface area contributed by atoms with Crippen molar-refractivity contribution in [3.63, 3.8) is 0 Å². The number of hydrogen-bond donors (Lipinski definition) is 8. The maximum Gasteiger partial charge on any atom is 0.326 e. The number of aromatic hydroxyl groups is 1. The van der Waals surface area contributed by atoms with Gasteiger partial charge in [-0.2, -0.15) is 25.3 Å². The second-order valence-corrected chi connectivity index (χ2v) is 8.26. The molecule has 1 rings (SSSR count). The number of nitrogens with two attached hydrogens (primary N) is 1. The highest BCUT2D eigenvalue weighted by molar-refractivity contribution is 7.80.